The summed E-state index contributed by atoms with van der Waals surface area (Å²) in [4.78, 5) is 11.1. The fourth-order valence-corrected chi connectivity index (χ4v) is 1.78. The lowest BCUT2D eigenvalue weighted by atomic mass is 10.1. The number of benzene rings is 1. The molecule has 0 saturated carbocycles. The second kappa shape index (κ2) is 5.95. The summed E-state index contributed by atoms with van der Waals surface area (Å²) in [7, 11) is 1.29. The highest BCUT2D eigenvalue weighted by Gasteiger charge is 2.14. The minimum Gasteiger partial charge on any atom is -0.469 e. The van der Waals surface area contributed by atoms with Crippen LogP contribution in [0.15, 0.2) is 16.6 Å². The van der Waals surface area contributed by atoms with E-state index in [0.717, 1.165) is 0 Å². The van der Waals surface area contributed by atoms with Gasteiger partial charge in [-0.2, -0.15) is 8.78 Å². The summed E-state index contributed by atoms with van der Waals surface area (Å²) in [6, 6.07) is 2.95. The molecule has 6 heteroatoms. The van der Waals surface area contributed by atoms with Gasteiger partial charge in [-0.15, -0.1) is 0 Å². The first-order valence-corrected chi connectivity index (χ1v) is 5.54. The summed E-state index contributed by atoms with van der Waals surface area (Å²) >= 11 is 3.25. The molecule has 1 rings (SSSR count). The fourth-order valence-electron chi connectivity index (χ4n) is 1.31. The minimum atomic E-state index is -2.87. The maximum atomic E-state index is 12.1. The van der Waals surface area contributed by atoms with E-state index in [1.54, 1.807) is 13.0 Å². The maximum absolute atomic E-state index is 12.1. The average molecular weight is 309 g/mol. The third-order valence-electron chi connectivity index (χ3n) is 2.20. The number of hydrogen-bond donors (Lipinski definition) is 0. The highest BCUT2D eigenvalue weighted by Crippen LogP contribution is 2.30. The van der Waals surface area contributed by atoms with E-state index >= 15 is 0 Å². The van der Waals surface area contributed by atoms with E-state index in [1.807, 2.05) is 0 Å². The third kappa shape index (κ3) is 3.66. The molecule has 0 N–H and O–H groups in total. The van der Waals surface area contributed by atoms with Crippen molar-refractivity contribution >= 4 is 21.9 Å². The molecular weight excluding hydrogens is 298 g/mol. The normalized spacial score (nSPS) is 10.5. The van der Waals surface area contributed by atoms with Crippen LogP contribution in [0.2, 0.25) is 0 Å². The second-order valence-electron chi connectivity index (χ2n) is 3.29. The molecule has 0 unspecified atom stereocenters. The number of alkyl halides is 2. The van der Waals surface area contributed by atoms with Crippen LogP contribution in [0.3, 0.4) is 0 Å². The molecule has 94 valence electrons. The second-order valence-corrected chi connectivity index (χ2v) is 4.09. The number of methoxy groups -OCH3 is 1. The zero-order chi connectivity index (χ0) is 13.0. The number of halogens is 3. The Labute approximate surface area is 106 Å². The van der Waals surface area contributed by atoms with Crippen LogP contribution in [-0.2, 0) is 16.0 Å². The summed E-state index contributed by atoms with van der Waals surface area (Å²) in [5.41, 5.74) is 1.18. The quantitative estimate of drug-likeness (QED) is 0.802. The SMILES string of the molecule is COC(=O)Cc1ccc(OC(F)F)c(C)c1Br. The van der Waals surface area contributed by atoms with Gasteiger partial charge in [-0.25, -0.2) is 0 Å². The Bertz CT molecular complexity index is 421. The number of hydrogen-bond acceptors (Lipinski definition) is 3. The Morgan fingerprint density at radius 2 is 2.12 bits per heavy atom. The van der Waals surface area contributed by atoms with Gasteiger partial charge in [-0.1, -0.05) is 22.0 Å². The van der Waals surface area contributed by atoms with Gasteiger partial charge >= 0.3 is 12.6 Å². The number of carbonyl (C=O) groups is 1. The van der Waals surface area contributed by atoms with E-state index in [2.05, 4.69) is 25.4 Å². The number of ether oxygens (including phenoxy) is 2. The van der Waals surface area contributed by atoms with Gasteiger partial charge in [0, 0.05) is 10.0 Å². The highest BCUT2D eigenvalue weighted by atomic mass is 79.9. The van der Waals surface area contributed by atoms with Gasteiger partial charge in [0.2, 0.25) is 0 Å². The summed E-state index contributed by atoms with van der Waals surface area (Å²) < 4.78 is 33.6. The molecule has 0 heterocycles. The summed E-state index contributed by atoms with van der Waals surface area (Å²) in [5.74, 6) is -0.312. The molecule has 0 aromatic heterocycles. The van der Waals surface area contributed by atoms with Gasteiger partial charge in [0.1, 0.15) is 5.75 Å². The average Bonchev–Trinajstić information content (AvgIpc) is 2.28. The van der Waals surface area contributed by atoms with Gasteiger partial charge < -0.3 is 9.47 Å². The predicted molar refractivity (Wildman–Crippen MR) is 61.2 cm³/mol. The van der Waals surface area contributed by atoms with Crippen molar-refractivity contribution in [3.63, 3.8) is 0 Å². The molecular formula is C11H11BrF2O3. The summed E-state index contributed by atoms with van der Waals surface area (Å²) in [5, 5.41) is 0. The Hall–Kier alpha value is -1.17. The van der Waals surface area contributed by atoms with Crippen LogP contribution in [0.1, 0.15) is 11.1 Å². The van der Waals surface area contributed by atoms with Crippen LogP contribution in [0.4, 0.5) is 8.78 Å². The van der Waals surface area contributed by atoms with Crippen LogP contribution in [0.25, 0.3) is 0 Å². The first-order valence-electron chi connectivity index (χ1n) is 4.75. The van der Waals surface area contributed by atoms with Gasteiger partial charge in [0.05, 0.1) is 13.5 Å². The topological polar surface area (TPSA) is 35.5 Å². The standard InChI is InChI=1S/C11H11BrF2O3/c1-6-8(17-11(13)14)4-3-7(10(6)12)5-9(15)16-2/h3-4,11H,5H2,1-2H3. The molecule has 1 aromatic rings. The Morgan fingerprint density at radius 3 is 2.65 bits per heavy atom. The molecule has 0 fully saturated rings. The Morgan fingerprint density at radius 1 is 1.47 bits per heavy atom. The van der Waals surface area contributed by atoms with Crippen molar-refractivity contribution in [2.45, 2.75) is 20.0 Å². The van der Waals surface area contributed by atoms with Gasteiger partial charge in [0.15, 0.2) is 0 Å². The summed E-state index contributed by atoms with van der Waals surface area (Å²) in [6.07, 6.45) is 0.0763. The van der Waals surface area contributed by atoms with E-state index in [1.165, 1.54) is 13.2 Å². The van der Waals surface area contributed by atoms with E-state index in [4.69, 9.17) is 0 Å². The van der Waals surface area contributed by atoms with E-state index in [9.17, 15) is 13.6 Å². The third-order valence-corrected chi connectivity index (χ3v) is 3.30. The molecule has 0 saturated heterocycles. The molecule has 3 nitrogen and oxygen atoms in total. The monoisotopic (exact) mass is 308 g/mol. The van der Waals surface area contributed by atoms with E-state index < -0.39 is 12.6 Å². The van der Waals surface area contributed by atoms with E-state index in [-0.39, 0.29) is 12.2 Å². The molecule has 0 aliphatic heterocycles. The first-order chi connectivity index (χ1) is 7.95. The molecule has 0 amide bonds. The number of esters is 1. The zero-order valence-corrected chi connectivity index (χ0v) is 10.9. The van der Waals surface area contributed by atoms with Gasteiger partial charge in [-0.05, 0) is 18.6 Å². The molecule has 0 aliphatic rings. The smallest absolute Gasteiger partial charge is 0.387 e. The van der Waals surface area contributed by atoms with Crippen molar-refractivity contribution < 1.29 is 23.0 Å². The molecule has 0 aliphatic carbocycles. The predicted octanol–water partition coefficient (Wildman–Crippen LogP) is 3.07. The van der Waals surface area contributed by atoms with Crippen molar-refractivity contribution in [3.05, 3.63) is 27.7 Å². The summed E-state index contributed by atoms with van der Waals surface area (Å²) in [6.45, 7) is -1.24. The fraction of sp³-hybridized carbons (Fsp3) is 0.364. The Kier molecular flexibility index (Phi) is 4.86. The van der Waals surface area contributed by atoms with Crippen molar-refractivity contribution in [1.29, 1.82) is 0 Å². The maximum Gasteiger partial charge on any atom is 0.387 e. The van der Waals surface area contributed by atoms with Crippen LogP contribution >= 0.6 is 15.9 Å². The van der Waals surface area contributed by atoms with Gasteiger partial charge in [0.25, 0.3) is 0 Å². The van der Waals surface area contributed by atoms with E-state index in [0.29, 0.717) is 15.6 Å². The molecule has 1 aromatic carbocycles. The first kappa shape index (κ1) is 13.9. The lowest BCUT2D eigenvalue weighted by Crippen LogP contribution is -2.07. The lowest BCUT2D eigenvalue weighted by Gasteiger charge is -2.12. The number of carbonyl (C=O) groups excluding carboxylic acids is 1. The van der Waals surface area contributed by atoms with Crippen LogP contribution in [0.5, 0.6) is 5.75 Å². The Balaban J connectivity index is 2.98. The largest absolute Gasteiger partial charge is 0.469 e. The number of rotatable bonds is 4. The van der Waals surface area contributed by atoms with Crippen molar-refractivity contribution in [3.8, 4) is 5.75 Å². The van der Waals surface area contributed by atoms with Crippen LogP contribution < -0.4 is 4.74 Å². The molecule has 17 heavy (non-hydrogen) atoms. The van der Waals surface area contributed by atoms with Gasteiger partial charge in [-0.3, -0.25) is 4.79 Å². The van der Waals surface area contributed by atoms with Crippen LogP contribution in [0, 0.1) is 6.92 Å². The molecule has 0 radical (unpaired) electrons. The van der Waals surface area contributed by atoms with Crippen molar-refractivity contribution in [1.82, 2.24) is 0 Å². The van der Waals surface area contributed by atoms with Crippen LogP contribution in [-0.4, -0.2) is 19.7 Å². The zero-order valence-electron chi connectivity index (χ0n) is 9.30. The molecule has 0 atom stereocenters. The van der Waals surface area contributed by atoms with Crippen molar-refractivity contribution in [2.24, 2.45) is 0 Å². The highest BCUT2D eigenvalue weighted by molar-refractivity contribution is 9.10. The molecule has 0 bridgehead atoms. The van der Waals surface area contributed by atoms with Crippen molar-refractivity contribution in [2.75, 3.05) is 7.11 Å². The molecule has 0 spiro atoms. The lowest BCUT2D eigenvalue weighted by molar-refractivity contribution is -0.139. The minimum absolute atomic E-state index is 0.0763.